The van der Waals surface area contributed by atoms with Crippen molar-refractivity contribution >= 4 is 15.8 Å². The molecule has 0 fully saturated rings. The second-order valence-corrected chi connectivity index (χ2v) is 6.26. The molecule has 0 bridgehead atoms. The van der Waals surface area contributed by atoms with E-state index in [9.17, 15) is 13.2 Å². The highest BCUT2D eigenvalue weighted by Gasteiger charge is 2.12. The Labute approximate surface area is 100 Å². The van der Waals surface area contributed by atoms with Gasteiger partial charge in [-0.1, -0.05) is 6.92 Å². The zero-order valence-corrected chi connectivity index (χ0v) is 10.7. The second kappa shape index (κ2) is 5.31. The first-order chi connectivity index (χ1) is 7.85. The Kier molecular flexibility index (Phi) is 4.28. The molecule has 1 aromatic rings. The number of hydrogen-bond acceptors (Lipinski definition) is 4. The predicted octanol–water partition coefficient (Wildman–Crippen LogP) is 0.715. The van der Waals surface area contributed by atoms with Gasteiger partial charge in [-0.25, -0.2) is 13.2 Å². The lowest BCUT2D eigenvalue weighted by molar-refractivity contribution is 0.0696. The first-order valence-electron chi connectivity index (χ1n) is 5.33. The molecule has 0 aromatic carbocycles. The number of aromatic nitrogens is 2. The topological polar surface area (TPSA) is 89.3 Å². The third-order valence-corrected chi connectivity index (χ3v) is 4.25. The third kappa shape index (κ3) is 3.85. The van der Waals surface area contributed by atoms with Crippen LogP contribution >= 0.6 is 0 Å². The van der Waals surface area contributed by atoms with Gasteiger partial charge < -0.3 is 5.11 Å². The zero-order valence-electron chi connectivity index (χ0n) is 9.88. The Bertz CT molecular complexity index is 504. The molecule has 0 amide bonds. The van der Waals surface area contributed by atoms with Crippen molar-refractivity contribution in [3.63, 3.8) is 0 Å². The van der Waals surface area contributed by atoms with Crippen LogP contribution in [0.4, 0.5) is 0 Å². The summed E-state index contributed by atoms with van der Waals surface area (Å²) in [6.45, 7) is 3.63. The molecular formula is C10H16N2O4S. The van der Waals surface area contributed by atoms with Gasteiger partial charge in [-0.05, 0) is 13.3 Å². The second-order valence-electron chi connectivity index (χ2n) is 3.79. The average molecular weight is 260 g/mol. The molecule has 0 spiro atoms. The summed E-state index contributed by atoms with van der Waals surface area (Å²) in [5.41, 5.74) is 0.596. The minimum atomic E-state index is -2.97. The maximum atomic E-state index is 11.2. The van der Waals surface area contributed by atoms with E-state index in [1.165, 1.54) is 10.9 Å². The molecule has 1 rings (SSSR count). The molecule has 6 nitrogen and oxygen atoms in total. The van der Waals surface area contributed by atoms with E-state index in [-0.39, 0.29) is 17.1 Å². The van der Waals surface area contributed by atoms with Crippen LogP contribution < -0.4 is 0 Å². The molecule has 7 heteroatoms. The molecular weight excluding hydrogens is 244 g/mol. The third-order valence-electron chi connectivity index (χ3n) is 2.46. The first kappa shape index (κ1) is 13.7. The van der Waals surface area contributed by atoms with Gasteiger partial charge in [0.25, 0.3) is 0 Å². The number of carbonyl (C=O) groups is 1. The van der Waals surface area contributed by atoms with Gasteiger partial charge in [0.2, 0.25) is 0 Å². The van der Waals surface area contributed by atoms with Crippen molar-refractivity contribution in [3.8, 4) is 0 Å². The summed E-state index contributed by atoms with van der Waals surface area (Å²) >= 11 is 0. The predicted molar refractivity (Wildman–Crippen MR) is 62.9 cm³/mol. The van der Waals surface area contributed by atoms with Crippen LogP contribution in [0.5, 0.6) is 0 Å². The Morgan fingerprint density at radius 1 is 1.53 bits per heavy atom. The fourth-order valence-electron chi connectivity index (χ4n) is 1.43. The van der Waals surface area contributed by atoms with Crippen molar-refractivity contribution in [3.05, 3.63) is 17.5 Å². The van der Waals surface area contributed by atoms with Gasteiger partial charge in [0.15, 0.2) is 0 Å². The van der Waals surface area contributed by atoms with Crippen molar-refractivity contribution in [2.24, 2.45) is 0 Å². The van der Waals surface area contributed by atoms with E-state index in [1.54, 1.807) is 13.8 Å². The van der Waals surface area contributed by atoms with E-state index in [4.69, 9.17) is 5.11 Å². The van der Waals surface area contributed by atoms with Crippen molar-refractivity contribution in [1.29, 1.82) is 0 Å². The Hall–Kier alpha value is -1.37. The summed E-state index contributed by atoms with van der Waals surface area (Å²) in [5.74, 6) is -0.786. The van der Waals surface area contributed by atoms with Crippen LogP contribution in [0.1, 0.15) is 29.4 Å². The number of aromatic carboxylic acids is 1. The van der Waals surface area contributed by atoms with Crippen LogP contribution in [0.15, 0.2) is 6.20 Å². The lowest BCUT2D eigenvalue weighted by Crippen LogP contribution is -2.11. The van der Waals surface area contributed by atoms with Crippen LogP contribution in [0.2, 0.25) is 0 Å². The molecule has 0 radical (unpaired) electrons. The molecule has 17 heavy (non-hydrogen) atoms. The van der Waals surface area contributed by atoms with Crippen LogP contribution in [-0.4, -0.2) is 40.8 Å². The highest BCUT2D eigenvalue weighted by atomic mass is 32.2. The summed E-state index contributed by atoms with van der Waals surface area (Å²) in [6, 6.07) is 0. The standard InChI is InChI=1S/C10H16N2O4S/c1-3-17(15,16)6-4-5-12-7-9(10(13)14)8(2)11-12/h7H,3-6H2,1-2H3,(H,13,14). The summed E-state index contributed by atoms with van der Waals surface area (Å²) in [6.07, 6.45) is 1.87. The quantitative estimate of drug-likeness (QED) is 0.813. The van der Waals surface area contributed by atoms with Gasteiger partial charge in [-0.15, -0.1) is 0 Å². The highest BCUT2D eigenvalue weighted by molar-refractivity contribution is 7.91. The lowest BCUT2D eigenvalue weighted by Gasteiger charge is -2.01. The molecule has 1 N–H and O–H groups in total. The normalized spacial score (nSPS) is 11.6. The van der Waals surface area contributed by atoms with E-state index in [0.29, 0.717) is 18.7 Å². The van der Waals surface area contributed by atoms with Crippen LogP contribution in [0.3, 0.4) is 0 Å². The van der Waals surface area contributed by atoms with Crippen LogP contribution in [0, 0.1) is 6.92 Å². The number of carboxylic acids is 1. The molecule has 1 heterocycles. The van der Waals surface area contributed by atoms with Gasteiger partial charge in [-0.3, -0.25) is 4.68 Å². The first-order valence-corrected chi connectivity index (χ1v) is 7.15. The molecule has 0 aliphatic carbocycles. The maximum Gasteiger partial charge on any atom is 0.339 e. The number of sulfone groups is 1. The summed E-state index contributed by atoms with van der Waals surface area (Å²) in [4.78, 5) is 10.8. The number of hydrogen-bond donors (Lipinski definition) is 1. The minimum Gasteiger partial charge on any atom is -0.478 e. The van der Waals surface area contributed by atoms with Crippen molar-refractivity contribution in [2.45, 2.75) is 26.8 Å². The maximum absolute atomic E-state index is 11.2. The van der Waals surface area contributed by atoms with E-state index in [0.717, 1.165) is 0 Å². The van der Waals surface area contributed by atoms with E-state index in [2.05, 4.69) is 5.10 Å². The number of rotatable bonds is 6. The molecule has 96 valence electrons. The van der Waals surface area contributed by atoms with Gasteiger partial charge in [0.1, 0.15) is 15.4 Å². The van der Waals surface area contributed by atoms with Crippen molar-refractivity contribution in [2.75, 3.05) is 11.5 Å². The van der Waals surface area contributed by atoms with E-state index >= 15 is 0 Å². The molecule has 0 aliphatic heterocycles. The van der Waals surface area contributed by atoms with Gasteiger partial charge in [-0.2, -0.15) is 5.10 Å². The van der Waals surface area contributed by atoms with Crippen LogP contribution in [0.25, 0.3) is 0 Å². The Morgan fingerprint density at radius 2 is 2.18 bits per heavy atom. The highest BCUT2D eigenvalue weighted by Crippen LogP contribution is 2.06. The fraction of sp³-hybridized carbons (Fsp3) is 0.600. The molecule has 0 atom stereocenters. The minimum absolute atomic E-state index is 0.102. The summed E-state index contributed by atoms with van der Waals surface area (Å²) in [5, 5.41) is 12.8. The molecule has 0 saturated heterocycles. The summed E-state index contributed by atoms with van der Waals surface area (Å²) in [7, 11) is -2.97. The van der Waals surface area contributed by atoms with Crippen LogP contribution in [-0.2, 0) is 16.4 Å². The van der Waals surface area contributed by atoms with Crippen molar-refractivity contribution in [1.82, 2.24) is 9.78 Å². The smallest absolute Gasteiger partial charge is 0.339 e. The number of carboxylic acid groups (broad SMARTS) is 1. The van der Waals surface area contributed by atoms with Gasteiger partial charge >= 0.3 is 5.97 Å². The monoisotopic (exact) mass is 260 g/mol. The van der Waals surface area contributed by atoms with E-state index < -0.39 is 15.8 Å². The molecule has 0 unspecified atom stereocenters. The number of aryl methyl sites for hydroxylation is 2. The molecule has 1 aromatic heterocycles. The molecule has 0 saturated carbocycles. The number of nitrogens with zero attached hydrogens (tertiary/aromatic N) is 2. The average Bonchev–Trinajstić information content (AvgIpc) is 2.59. The molecule has 0 aliphatic rings. The summed E-state index contributed by atoms with van der Waals surface area (Å²) < 4.78 is 24.0. The Morgan fingerprint density at radius 3 is 2.65 bits per heavy atom. The van der Waals surface area contributed by atoms with Gasteiger partial charge in [0.05, 0.1) is 11.4 Å². The zero-order chi connectivity index (χ0) is 13.1. The fourth-order valence-corrected chi connectivity index (χ4v) is 2.29. The van der Waals surface area contributed by atoms with Crippen molar-refractivity contribution < 1.29 is 18.3 Å². The van der Waals surface area contributed by atoms with Gasteiger partial charge in [0, 0.05) is 18.5 Å². The SMILES string of the molecule is CCS(=O)(=O)CCCn1cc(C(=O)O)c(C)n1. The Balaban J connectivity index is 2.59. The van der Waals surface area contributed by atoms with E-state index in [1.807, 2.05) is 0 Å². The lowest BCUT2D eigenvalue weighted by atomic mass is 10.3. The largest absolute Gasteiger partial charge is 0.478 e.